The Labute approximate surface area is 112 Å². The zero-order valence-electron chi connectivity index (χ0n) is 11.7. The van der Waals surface area contributed by atoms with E-state index in [1.807, 2.05) is 0 Å². The molecule has 2 aliphatic heterocycles. The number of nitrogens with one attached hydrogen (secondary N) is 1. The van der Waals surface area contributed by atoms with Crippen LogP contribution in [0.25, 0.3) is 0 Å². The maximum atomic E-state index is 8.95. The molecule has 18 heavy (non-hydrogen) atoms. The highest BCUT2D eigenvalue weighted by molar-refractivity contribution is 4.74. The molecular weight excluding hydrogens is 224 g/mol. The van der Waals surface area contributed by atoms with Crippen molar-refractivity contribution in [2.45, 2.75) is 44.9 Å². The van der Waals surface area contributed by atoms with Gasteiger partial charge in [0.1, 0.15) is 0 Å². The normalized spacial score (nSPS) is 27.5. The third-order valence-electron chi connectivity index (χ3n) is 4.73. The Kier molecular flexibility index (Phi) is 6.46. The second-order valence-electron chi connectivity index (χ2n) is 6.15. The van der Waals surface area contributed by atoms with Crippen LogP contribution in [0.1, 0.15) is 44.9 Å². The molecule has 106 valence electrons. The molecule has 0 aliphatic carbocycles. The van der Waals surface area contributed by atoms with Crippen LogP contribution in [0.5, 0.6) is 0 Å². The minimum atomic E-state index is 0.374. The van der Waals surface area contributed by atoms with Crippen LogP contribution in [0.2, 0.25) is 0 Å². The van der Waals surface area contributed by atoms with E-state index in [-0.39, 0.29) is 0 Å². The lowest BCUT2D eigenvalue weighted by Gasteiger charge is -2.32. The van der Waals surface area contributed by atoms with Crippen LogP contribution in [0.3, 0.4) is 0 Å². The zero-order chi connectivity index (χ0) is 12.6. The highest BCUT2D eigenvalue weighted by Crippen LogP contribution is 2.21. The van der Waals surface area contributed by atoms with Crippen molar-refractivity contribution in [3.8, 4) is 0 Å². The van der Waals surface area contributed by atoms with Crippen LogP contribution in [-0.4, -0.2) is 49.3 Å². The van der Waals surface area contributed by atoms with E-state index < -0.39 is 0 Å². The molecule has 0 bridgehead atoms. The molecule has 3 nitrogen and oxygen atoms in total. The highest BCUT2D eigenvalue weighted by atomic mass is 16.3. The molecule has 1 unspecified atom stereocenters. The Hall–Kier alpha value is -0.120. The number of aliphatic hydroxyl groups is 1. The number of rotatable bonds is 6. The number of aliphatic hydroxyl groups excluding tert-OH is 1. The predicted molar refractivity (Wildman–Crippen MR) is 75.7 cm³/mol. The molecule has 0 aromatic carbocycles. The molecule has 1 atom stereocenters. The first kappa shape index (κ1) is 14.3. The Morgan fingerprint density at radius 1 is 1.06 bits per heavy atom. The number of nitrogens with zero attached hydrogens (tertiary/aromatic N) is 1. The van der Waals surface area contributed by atoms with E-state index in [0.29, 0.717) is 6.61 Å². The Morgan fingerprint density at radius 2 is 1.89 bits per heavy atom. The molecule has 0 spiro atoms. The van der Waals surface area contributed by atoms with Crippen molar-refractivity contribution in [2.75, 3.05) is 39.3 Å². The molecule has 2 rings (SSSR count). The molecule has 2 saturated heterocycles. The van der Waals surface area contributed by atoms with Crippen molar-refractivity contribution in [3.05, 3.63) is 0 Å². The third-order valence-corrected chi connectivity index (χ3v) is 4.73. The molecular formula is C15H30N2O. The predicted octanol–water partition coefficient (Wildman–Crippen LogP) is 1.86. The molecule has 0 radical (unpaired) electrons. The lowest BCUT2D eigenvalue weighted by atomic mass is 9.92. The van der Waals surface area contributed by atoms with Crippen molar-refractivity contribution in [2.24, 2.45) is 11.8 Å². The van der Waals surface area contributed by atoms with Crippen LogP contribution in [0, 0.1) is 11.8 Å². The van der Waals surface area contributed by atoms with E-state index in [1.54, 1.807) is 0 Å². The van der Waals surface area contributed by atoms with Crippen LogP contribution >= 0.6 is 0 Å². The number of likely N-dealkylation sites (tertiary alicyclic amines) is 1. The Morgan fingerprint density at radius 3 is 2.56 bits per heavy atom. The van der Waals surface area contributed by atoms with Gasteiger partial charge in [-0.05, 0) is 89.5 Å². The third kappa shape index (κ3) is 4.87. The summed E-state index contributed by atoms with van der Waals surface area (Å²) in [6.07, 6.45) is 9.20. The molecule has 3 heteroatoms. The van der Waals surface area contributed by atoms with Crippen LogP contribution < -0.4 is 5.32 Å². The summed E-state index contributed by atoms with van der Waals surface area (Å²) in [5.41, 5.74) is 0. The van der Waals surface area contributed by atoms with E-state index in [9.17, 15) is 0 Å². The summed E-state index contributed by atoms with van der Waals surface area (Å²) in [5, 5.41) is 12.5. The smallest absolute Gasteiger partial charge is 0.0433 e. The lowest BCUT2D eigenvalue weighted by Crippen LogP contribution is -2.35. The molecule has 0 aromatic heterocycles. The van der Waals surface area contributed by atoms with Crippen LogP contribution in [0.4, 0.5) is 0 Å². The maximum absolute atomic E-state index is 8.95. The standard InChI is InChI=1S/C15H30N2O/c18-12-7-14-5-10-17(11-6-14)9-2-4-15-3-1-8-16-13-15/h14-16,18H,1-13H2. The van der Waals surface area contributed by atoms with Crippen molar-refractivity contribution >= 4 is 0 Å². The van der Waals surface area contributed by atoms with E-state index in [0.717, 1.165) is 18.3 Å². The summed E-state index contributed by atoms with van der Waals surface area (Å²) in [6, 6.07) is 0. The fourth-order valence-electron chi connectivity index (χ4n) is 3.46. The fraction of sp³-hybridized carbons (Fsp3) is 1.00. The molecule has 2 N–H and O–H groups in total. The first-order valence-corrected chi connectivity index (χ1v) is 7.92. The minimum absolute atomic E-state index is 0.374. The first-order chi connectivity index (χ1) is 8.88. The Bertz CT molecular complexity index is 209. The number of piperidine rings is 2. The molecule has 2 fully saturated rings. The summed E-state index contributed by atoms with van der Waals surface area (Å²) in [6.45, 7) is 6.66. The van der Waals surface area contributed by atoms with Gasteiger partial charge in [0.05, 0.1) is 0 Å². The second-order valence-corrected chi connectivity index (χ2v) is 6.15. The molecule has 0 saturated carbocycles. The van der Waals surface area contributed by atoms with E-state index >= 15 is 0 Å². The monoisotopic (exact) mass is 254 g/mol. The molecule has 0 aromatic rings. The lowest BCUT2D eigenvalue weighted by molar-refractivity contribution is 0.154. The van der Waals surface area contributed by atoms with Crippen molar-refractivity contribution < 1.29 is 5.11 Å². The number of hydrogen-bond acceptors (Lipinski definition) is 3. The van der Waals surface area contributed by atoms with Gasteiger partial charge in [-0.1, -0.05) is 0 Å². The highest BCUT2D eigenvalue weighted by Gasteiger charge is 2.19. The van der Waals surface area contributed by atoms with Gasteiger partial charge in [-0.2, -0.15) is 0 Å². The quantitative estimate of drug-likeness (QED) is 0.759. The summed E-state index contributed by atoms with van der Waals surface area (Å²) in [7, 11) is 0. The van der Waals surface area contributed by atoms with E-state index in [4.69, 9.17) is 5.11 Å². The van der Waals surface area contributed by atoms with Gasteiger partial charge in [-0.15, -0.1) is 0 Å². The van der Waals surface area contributed by atoms with Gasteiger partial charge in [0, 0.05) is 6.61 Å². The van der Waals surface area contributed by atoms with Gasteiger partial charge in [0.15, 0.2) is 0 Å². The summed E-state index contributed by atoms with van der Waals surface area (Å²) in [4.78, 5) is 2.63. The molecule has 2 heterocycles. The minimum Gasteiger partial charge on any atom is -0.396 e. The van der Waals surface area contributed by atoms with Crippen LogP contribution in [0.15, 0.2) is 0 Å². The SMILES string of the molecule is OCCC1CCN(CCCC2CCCNC2)CC1. The average Bonchev–Trinajstić information content (AvgIpc) is 2.42. The van der Waals surface area contributed by atoms with Crippen molar-refractivity contribution in [1.29, 1.82) is 0 Å². The Balaban J connectivity index is 1.52. The topological polar surface area (TPSA) is 35.5 Å². The first-order valence-electron chi connectivity index (χ1n) is 7.92. The maximum Gasteiger partial charge on any atom is 0.0433 e. The van der Waals surface area contributed by atoms with Crippen molar-refractivity contribution in [3.63, 3.8) is 0 Å². The van der Waals surface area contributed by atoms with Gasteiger partial charge in [-0.25, -0.2) is 0 Å². The van der Waals surface area contributed by atoms with E-state index in [2.05, 4.69) is 10.2 Å². The van der Waals surface area contributed by atoms with Gasteiger partial charge in [-0.3, -0.25) is 0 Å². The van der Waals surface area contributed by atoms with Gasteiger partial charge in [0.25, 0.3) is 0 Å². The average molecular weight is 254 g/mol. The van der Waals surface area contributed by atoms with E-state index in [1.165, 1.54) is 71.2 Å². The fourth-order valence-corrected chi connectivity index (χ4v) is 3.46. The van der Waals surface area contributed by atoms with Gasteiger partial charge < -0.3 is 15.3 Å². The second kappa shape index (κ2) is 8.13. The summed E-state index contributed by atoms with van der Waals surface area (Å²) < 4.78 is 0. The van der Waals surface area contributed by atoms with Crippen molar-refractivity contribution in [1.82, 2.24) is 10.2 Å². The van der Waals surface area contributed by atoms with Gasteiger partial charge in [0.2, 0.25) is 0 Å². The largest absolute Gasteiger partial charge is 0.396 e. The number of hydrogen-bond donors (Lipinski definition) is 2. The molecule has 0 amide bonds. The van der Waals surface area contributed by atoms with Gasteiger partial charge >= 0.3 is 0 Å². The van der Waals surface area contributed by atoms with Crippen LogP contribution in [-0.2, 0) is 0 Å². The molecule has 2 aliphatic rings. The summed E-state index contributed by atoms with van der Waals surface area (Å²) >= 11 is 0. The summed E-state index contributed by atoms with van der Waals surface area (Å²) in [5.74, 6) is 1.72. The zero-order valence-corrected chi connectivity index (χ0v) is 11.7.